The quantitative estimate of drug-likeness (QED) is 0.0392. The molecule has 13 heteroatoms. The number of allylic oxidation sites excluding steroid dienone is 2. The number of hydrogen-bond acceptors (Lipinski definition) is 8. The van der Waals surface area contributed by atoms with Crippen molar-refractivity contribution < 1.29 is 58.2 Å². The molecule has 67 heavy (non-hydrogen) atoms. The fourth-order valence-electron chi connectivity index (χ4n) is 8.01. The molecule has 9 rings (SSSR count). The second-order valence-corrected chi connectivity index (χ2v) is 15.1. The summed E-state index contributed by atoms with van der Waals surface area (Å²) in [7, 11) is 6.45. The number of carboxylic acids is 2. The van der Waals surface area contributed by atoms with Gasteiger partial charge in [-0.3, -0.25) is 0 Å². The van der Waals surface area contributed by atoms with Crippen LogP contribution in [0.3, 0.4) is 0 Å². The van der Waals surface area contributed by atoms with Gasteiger partial charge in [-0.05, 0) is 129 Å². The number of rotatable bonds is 12. The van der Waals surface area contributed by atoms with Gasteiger partial charge in [0.2, 0.25) is 0 Å². The second kappa shape index (κ2) is 19.4. The number of carboxylic acid groups (broad SMARTS) is 2. The second-order valence-electron chi connectivity index (χ2n) is 15.1. The smallest absolute Gasteiger partial charge is 0.657 e. The molecule has 0 unspecified atom stereocenters. The number of hydrogen-bond donors (Lipinski definition) is 2. The van der Waals surface area contributed by atoms with Crippen LogP contribution in [-0.4, -0.2) is 60.6 Å². The minimum Gasteiger partial charge on any atom is -0.657 e. The van der Waals surface area contributed by atoms with Crippen molar-refractivity contribution >= 4 is 64.4 Å². The van der Waals surface area contributed by atoms with Crippen molar-refractivity contribution in [2.24, 2.45) is 0 Å². The van der Waals surface area contributed by atoms with Crippen molar-refractivity contribution in [3.63, 3.8) is 0 Å². The SMILES string of the molecule is COc1ccc(-c2c3nc(c(-c4ccc(OC)cc4)c4cc(/C=C/C=C(C(=O)O)C(=O)O)c([n-]4)c(-c4ccc(OC)cc4)c4nc(c(-c5ccc(OC)cc5)c5ccc2[n-]5)C=C4)C=C3)cc1.[Zn+2]. The zero-order chi connectivity index (χ0) is 45.9. The average Bonchev–Trinajstić information content (AvgIpc) is 4.19. The largest absolute Gasteiger partial charge is 2.00 e. The third-order valence-corrected chi connectivity index (χ3v) is 11.3. The van der Waals surface area contributed by atoms with E-state index in [1.165, 1.54) is 6.08 Å². The van der Waals surface area contributed by atoms with Crippen LogP contribution >= 0.6 is 0 Å². The first-order chi connectivity index (χ1) is 32.2. The molecule has 2 aliphatic heterocycles. The predicted molar refractivity (Wildman–Crippen MR) is 257 cm³/mol. The van der Waals surface area contributed by atoms with E-state index in [1.807, 2.05) is 140 Å². The van der Waals surface area contributed by atoms with E-state index in [0.717, 1.165) is 39.5 Å². The number of benzene rings is 4. The summed E-state index contributed by atoms with van der Waals surface area (Å²) in [6.45, 7) is 0. The number of aromatic nitrogens is 4. The Bertz CT molecular complexity index is 3310. The maximum absolute atomic E-state index is 11.9. The maximum atomic E-state index is 11.9. The molecule has 326 valence electrons. The fraction of sp³-hybridized carbons (Fsp3) is 0.0741. The summed E-state index contributed by atoms with van der Waals surface area (Å²) in [5.41, 5.74) is 10.8. The first-order valence-electron chi connectivity index (χ1n) is 20.7. The molecule has 0 saturated heterocycles. The molecule has 12 nitrogen and oxygen atoms in total. The van der Waals surface area contributed by atoms with E-state index in [2.05, 4.69) is 0 Å². The molecule has 8 bridgehead atoms. The minimum atomic E-state index is -1.57. The molecule has 0 atom stereocenters. The van der Waals surface area contributed by atoms with E-state index < -0.39 is 17.5 Å². The Kier molecular flexibility index (Phi) is 13.1. The van der Waals surface area contributed by atoms with Gasteiger partial charge >= 0.3 is 31.4 Å². The maximum Gasteiger partial charge on any atom is 2.00 e. The third kappa shape index (κ3) is 9.05. The van der Waals surface area contributed by atoms with Gasteiger partial charge in [-0.25, -0.2) is 19.6 Å². The van der Waals surface area contributed by atoms with E-state index in [9.17, 15) is 19.8 Å². The van der Waals surface area contributed by atoms with E-state index in [1.54, 1.807) is 34.5 Å². The molecule has 4 aromatic carbocycles. The first-order valence-corrected chi connectivity index (χ1v) is 20.7. The molecular weight excluding hydrogens is 898 g/mol. The summed E-state index contributed by atoms with van der Waals surface area (Å²) >= 11 is 0. The van der Waals surface area contributed by atoms with Crippen molar-refractivity contribution in [1.82, 2.24) is 19.9 Å². The summed E-state index contributed by atoms with van der Waals surface area (Å²) in [4.78, 5) is 45.2. The van der Waals surface area contributed by atoms with Gasteiger partial charge in [0.25, 0.3) is 0 Å². The Morgan fingerprint density at radius 3 is 1.18 bits per heavy atom. The van der Waals surface area contributed by atoms with Gasteiger partial charge in [-0.2, -0.15) is 0 Å². The van der Waals surface area contributed by atoms with Crippen LogP contribution in [0.25, 0.3) is 97.0 Å². The van der Waals surface area contributed by atoms with E-state index >= 15 is 0 Å². The summed E-state index contributed by atoms with van der Waals surface area (Å²) in [6, 6.07) is 36.5. The molecular formula is C54H40N4O8Zn. The van der Waals surface area contributed by atoms with Gasteiger partial charge < -0.3 is 39.1 Å². The van der Waals surface area contributed by atoms with Crippen LogP contribution in [0, 0.1) is 0 Å². The number of ether oxygens (including phenoxy) is 4. The van der Waals surface area contributed by atoms with E-state index in [4.69, 9.17) is 38.9 Å². The third-order valence-electron chi connectivity index (χ3n) is 11.3. The summed E-state index contributed by atoms with van der Waals surface area (Å²) in [5, 5.41) is 19.4. The Morgan fingerprint density at radius 2 is 0.821 bits per heavy atom. The Labute approximate surface area is 398 Å². The van der Waals surface area contributed by atoms with Crippen LogP contribution in [0.1, 0.15) is 28.3 Å². The monoisotopic (exact) mass is 936 g/mol. The van der Waals surface area contributed by atoms with E-state index in [-0.39, 0.29) is 19.5 Å². The molecule has 7 aromatic rings. The standard InChI is InChI=1S/C54H42N4O8.Zn/c1-63-36-16-8-31(9-17-36)48-41-24-25-42(55-41)49(32-10-18-37(64-2)19-11-32)44-28-29-46(57-44)51(34-14-22-39(66-4)23-15-34)52-35(6-5-7-40(53(59)60)54(61)62)30-47(58-52)50(45-27-26-43(48)56-45)33-12-20-38(65-3)21-13-33;/h5-30H,1-4H3,(H4,55,56,57,58,59,60,61,62);/q;+2/p-2/b6-5+,48-41?,48-43?,49-42?,49-44?,50-45?,50-47?,51-46?,52-51?;. The van der Waals surface area contributed by atoms with Gasteiger partial charge in [-0.15, -0.1) is 22.1 Å². The summed E-state index contributed by atoms with van der Waals surface area (Å²) in [5.74, 6) is -0.433. The molecule has 0 amide bonds. The number of fused-ring (bicyclic) bond motifs is 8. The van der Waals surface area contributed by atoms with Crippen molar-refractivity contribution in [2.45, 2.75) is 0 Å². The number of carbonyl (C=O) groups is 2. The zero-order valence-corrected chi connectivity index (χ0v) is 39.8. The zero-order valence-electron chi connectivity index (χ0n) is 36.9. The van der Waals surface area contributed by atoms with Crippen molar-refractivity contribution in [3.8, 4) is 67.5 Å². The topological polar surface area (TPSA) is 166 Å². The molecule has 0 spiro atoms. The van der Waals surface area contributed by atoms with Crippen molar-refractivity contribution in [1.29, 1.82) is 0 Å². The fourth-order valence-corrected chi connectivity index (χ4v) is 8.01. The molecule has 3 aromatic heterocycles. The van der Waals surface area contributed by atoms with Gasteiger partial charge in [0, 0.05) is 0 Å². The Morgan fingerprint density at radius 1 is 0.478 bits per heavy atom. The van der Waals surface area contributed by atoms with Crippen LogP contribution in [0.4, 0.5) is 0 Å². The normalized spacial score (nSPS) is 11.5. The molecule has 0 saturated carbocycles. The first kappa shape index (κ1) is 45.3. The van der Waals surface area contributed by atoms with Gasteiger partial charge in [0.1, 0.15) is 28.6 Å². The van der Waals surface area contributed by atoms with Gasteiger partial charge in [0.15, 0.2) is 0 Å². The molecule has 2 N–H and O–H groups in total. The Balaban J connectivity index is 0.00000608. The van der Waals surface area contributed by atoms with Gasteiger partial charge in [0.05, 0.1) is 51.2 Å². The molecule has 2 aliphatic rings. The Hall–Kier alpha value is -8.28. The summed E-state index contributed by atoms with van der Waals surface area (Å²) in [6.07, 6.45) is 11.9. The molecule has 0 fully saturated rings. The molecule has 0 radical (unpaired) electrons. The number of methoxy groups -OCH3 is 4. The minimum absolute atomic E-state index is 0. The van der Waals surface area contributed by atoms with Crippen LogP contribution in [-0.2, 0) is 29.1 Å². The summed E-state index contributed by atoms with van der Waals surface area (Å²) < 4.78 is 22.1. The molecule has 0 aliphatic carbocycles. The number of aliphatic carboxylic acids is 2. The van der Waals surface area contributed by atoms with Crippen molar-refractivity contribution in [3.05, 3.63) is 161 Å². The average molecular weight is 938 g/mol. The predicted octanol–water partition coefficient (Wildman–Crippen LogP) is 10.7. The van der Waals surface area contributed by atoms with Crippen molar-refractivity contribution in [2.75, 3.05) is 28.4 Å². The molecule has 5 heterocycles. The number of nitrogens with zero attached hydrogens (tertiary/aromatic N) is 4. The van der Waals surface area contributed by atoms with Crippen LogP contribution in [0.5, 0.6) is 23.0 Å². The van der Waals surface area contributed by atoms with E-state index in [0.29, 0.717) is 84.5 Å². The van der Waals surface area contributed by atoms with Crippen LogP contribution < -0.4 is 28.9 Å². The van der Waals surface area contributed by atoms with Gasteiger partial charge in [-0.1, -0.05) is 78.9 Å². The van der Waals surface area contributed by atoms with Crippen LogP contribution in [0.15, 0.2) is 133 Å². The van der Waals surface area contributed by atoms with Crippen LogP contribution in [0.2, 0.25) is 0 Å².